The minimum Gasteiger partial charge on any atom is -0.497 e. The highest BCUT2D eigenvalue weighted by molar-refractivity contribution is 5.79. The molecule has 33 heavy (non-hydrogen) atoms. The zero-order chi connectivity index (χ0) is 22.8. The Morgan fingerprint density at radius 3 is 2.73 bits per heavy atom. The summed E-state index contributed by atoms with van der Waals surface area (Å²) in [5.74, 6) is 1.79. The molecule has 0 fully saturated rings. The van der Waals surface area contributed by atoms with Crippen molar-refractivity contribution in [3.63, 3.8) is 0 Å². The number of aromatic nitrogens is 1. The molecule has 7 heteroatoms. The molecule has 0 bridgehead atoms. The Labute approximate surface area is 190 Å². The number of hydrogen-bond acceptors (Lipinski definition) is 5. The molecule has 168 valence electrons. The Bertz CT molecular complexity index is 1380. The second kappa shape index (κ2) is 8.96. The van der Waals surface area contributed by atoms with Crippen molar-refractivity contribution < 1.29 is 18.6 Å². The van der Waals surface area contributed by atoms with Gasteiger partial charge in [-0.2, -0.15) is 0 Å². The maximum absolute atomic E-state index is 14.0. The van der Waals surface area contributed by atoms with Crippen LogP contribution in [0.3, 0.4) is 0 Å². The predicted octanol–water partition coefficient (Wildman–Crippen LogP) is 4.22. The van der Waals surface area contributed by atoms with Crippen LogP contribution in [0.15, 0.2) is 71.5 Å². The van der Waals surface area contributed by atoms with Gasteiger partial charge in [-0.1, -0.05) is 18.2 Å². The molecule has 5 rings (SSSR count). The van der Waals surface area contributed by atoms with E-state index in [9.17, 15) is 9.18 Å². The first kappa shape index (κ1) is 21.0. The van der Waals surface area contributed by atoms with E-state index in [1.54, 1.807) is 17.7 Å². The number of fused-ring (bicyclic) bond motifs is 2. The van der Waals surface area contributed by atoms with Crippen molar-refractivity contribution in [3.8, 4) is 17.2 Å². The molecule has 6 nitrogen and oxygen atoms in total. The van der Waals surface area contributed by atoms with Crippen LogP contribution in [0.2, 0.25) is 0 Å². The predicted molar refractivity (Wildman–Crippen MR) is 123 cm³/mol. The van der Waals surface area contributed by atoms with Gasteiger partial charge < -0.3 is 24.1 Å². The lowest BCUT2D eigenvalue weighted by atomic mass is 10.1. The van der Waals surface area contributed by atoms with Crippen LogP contribution in [0, 0.1) is 5.82 Å². The van der Waals surface area contributed by atoms with E-state index in [0.29, 0.717) is 36.5 Å². The van der Waals surface area contributed by atoms with Gasteiger partial charge in [-0.05, 0) is 65.0 Å². The second-order valence-corrected chi connectivity index (χ2v) is 7.91. The van der Waals surface area contributed by atoms with Crippen LogP contribution in [0.4, 0.5) is 4.39 Å². The van der Waals surface area contributed by atoms with Gasteiger partial charge in [0.15, 0.2) is 11.5 Å². The van der Waals surface area contributed by atoms with E-state index in [1.165, 1.54) is 12.1 Å². The van der Waals surface area contributed by atoms with E-state index in [2.05, 4.69) is 5.32 Å². The van der Waals surface area contributed by atoms with Gasteiger partial charge in [-0.25, -0.2) is 4.39 Å². The number of hydrogen-bond donors (Lipinski definition) is 1. The first-order valence-corrected chi connectivity index (χ1v) is 10.6. The Morgan fingerprint density at radius 2 is 1.85 bits per heavy atom. The molecule has 1 aliphatic heterocycles. The zero-order valence-corrected chi connectivity index (χ0v) is 18.1. The van der Waals surface area contributed by atoms with Crippen molar-refractivity contribution in [2.75, 3.05) is 13.9 Å². The van der Waals surface area contributed by atoms with Crippen molar-refractivity contribution >= 4 is 10.9 Å². The highest BCUT2D eigenvalue weighted by Gasteiger charge is 2.14. The average Bonchev–Trinajstić information content (AvgIpc) is 3.30. The molecule has 4 aromatic rings. The molecular formula is C26H23FN2O4. The molecule has 1 aromatic heterocycles. The molecule has 0 atom stereocenters. The number of benzene rings is 3. The van der Waals surface area contributed by atoms with Crippen LogP contribution in [0.25, 0.3) is 10.9 Å². The number of rotatable bonds is 7. The van der Waals surface area contributed by atoms with Crippen molar-refractivity contribution in [2.24, 2.45) is 0 Å². The number of nitrogens with zero attached hydrogens (tertiary/aromatic N) is 1. The normalized spacial score (nSPS) is 12.3. The molecule has 0 saturated carbocycles. The highest BCUT2D eigenvalue weighted by atomic mass is 19.1. The van der Waals surface area contributed by atoms with Gasteiger partial charge in [0.2, 0.25) is 6.79 Å². The van der Waals surface area contributed by atoms with Crippen LogP contribution in [0.5, 0.6) is 17.2 Å². The summed E-state index contributed by atoms with van der Waals surface area (Å²) in [4.78, 5) is 13.4. The third-order valence-corrected chi connectivity index (χ3v) is 5.69. The number of ether oxygens (including phenoxy) is 3. The molecule has 0 saturated heterocycles. The first-order valence-electron chi connectivity index (χ1n) is 10.6. The molecule has 3 aromatic carbocycles. The van der Waals surface area contributed by atoms with Crippen LogP contribution in [-0.2, 0) is 19.6 Å². The Hall–Kier alpha value is -3.84. The zero-order valence-electron chi connectivity index (χ0n) is 18.1. The number of methoxy groups -OCH3 is 1. The summed E-state index contributed by atoms with van der Waals surface area (Å²) in [6, 6.07) is 19.6. The van der Waals surface area contributed by atoms with E-state index in [1.807, 2.05) is 48.5 Å². The number of pyridine rings is 1. The summed E-state index contributed by atoms with van der Waals surface area (Å²) in [6.45, 7) is 1.48. The quantitative estimate of drug-likeness (QED) is 0.461. The monoisotopic (exact) mass is 446 g/mol. The summed E-state index contributed by atoms with van der Waals surface area (Å²) in [5, 5.41) is 4.14. The Kier molecular flexibility index (Phi) is 5.71. The summed E-state index contributed by atoms with van der Waals surface area (Å²) < 4.78 is 31.7. The SMILES string of the molecule is COc1cccc(Cn2c(=O)c(CNCc3ccc4c(c3)OCO4)cc3ccc(F)cc32)c1. The number of halogens is 1. The standard InChI is InChI=1S/C26H23FN2O4/c1-31-22-4-2-3-18(9-22)15-29-23-12-21(27)7-6-19(23)11-20(26(29)30)14-28-13-17-5-8-24-25(10-17)33-16-32-24/h2-12,28H,13-16H2,1H3. The number of nitrogens with one attached hydrogen (secondary N) is 1. The third kappa shape index (κ3) is 4.40. The maximum atomic E-state index is 14.0. The molecular weight excluding hydrogens is 423 g/mol. The van der Waals surface area contributed by atoms with E-state index in [-0.39, 0.29) is 18.2 Å². The molecule has 0 unspecified atom stereocenters. The third-order valence-electron chi connectivity index (χ3n) is 5.69. The minimum atomic E-state index is -0.380. The molecule has 0 amide bonds. The minimum absolute atomic E-state index is 0.158. The van der Waals surface area contributed by atoms with E-state index < -0.39 is 0 Å². The van der Waals surface area contributed by atoms with E-state index in [4.69, 9.17) is 14.2 Å². The average molecular weight is 446 g/mol. The largest absolute Gasteiger partial charge is 0.497 e. The van der Waals surface area contributed by atoms with Crippen molar-refractivity contribution in [2.45, 2.75) is 19.6 Å². The van der Waals surface area contributed by atoms with Gasteiger partial charge >= 0.3 is 0 Å². The Balaban J connectivity index is 1.43. The van der Waals surface area contributed by atoms with Gasteiger partial charge in [-0.15, -0.1) is 0 Å². The van der Waals surface area contributed by atoms with E-state index in [0.717, 1.165) is 28.0 Å². The van der Waals surface area contributed by atoms with Crippen LogP contribution < -0.4 is 25.1 Å². The summed E-state index contributed by atoms with van der Waals surface area (Å²) in [5.41, 5.74) is 2.93. The highest BCUT2D eigenvalue weighted by Crippen LogP contribution is 2.32. The summed E-state index contributed by atoms with van der Waals surface area (Å²) in [6.07, 6.45) is 0. The fraction of sp³-hybridized carbons (Fsp3) is 0.192. The lowest BCUT2D eigenvalue weighted by molar-refractivity contribution is 0.174. The molecule has 1 N–H and O–H groups in total. The second-order valence-electron chi connectivity index (χ2n) is 7.91. The lowest BCUT2D eigenvalue weighted by Crippen LogP contribution is -2.28. The topological polar surface area (TPSA) is 61.7 Å². The lowest BCUT2D eigenvalue weighted by Gasteiger charge is -2.14. The summed E-state index contributed by atoms with van der Waals surface area (Å²) >= 11 is 0. The maximum Gasteiger partial charge on any atom is 0.255 e. The molecule has 0 aliphatic carbocycles. The van der Waals surface area contributed by atoms with Crippen LogP contribution in [-0.4, -0.2) is 18.5 Å². The van der Waals surface area contributed by atoms with Crippen molar-refractivity contribution in [1.29, 1.82) is 0 Å². The smallest absolute Gasteiger partial charge is 0.255 e. The van der Waals surface area contributed by atoms with Crippen molar-refractivity contribution in [1.82, 2.24) is 9.88 Å². The van der Waals surface area contributed by atoms with E-state index >= 15 is 0 Å². The molecule has 0 spiro atoms. The summed E-state index contributed by atoms with van der Waals surface area (Å²) in [7, 11) is 1.60. The molecule has 0 radical (unpaired) electrons. The van der Waals surface area contributed by atoms with Gasteiger partial charge in [0.05, 0.1) is 19.2 Å². The van der Waals surface area contributed by atoms with Gasteiger partial charge in [-0.3, -0.25) is 4.79 Å². The first-order chi connectivity index (χ1) is 16.1. The fourth-order valence-electron chi connectivity index (χ4n) is 4.03. The van der Waals surface area contributed by atoms with Gasteiger partial charge in [0.1, 0.15) is 11.6 Å². The van der Waals surface area contributed by atoms with Crippen LogP contribution >= 0.6 is 0 Å². The van der Waals surface area contributed by atoms with Gasteiger partial charge in [0, 0.05) is 18.7 Å². The fourth-order valence-corrected chi connectivity index (χ4v) is 4.03. The van der Waals surface area contributed by atoms with Crippen LogP contribution in [0.1, 0.15) is 16.7 Å². The molecule has 1 aliphatic rings. The van der Waals surface area contributed by atoms with Crippen molar-refractivity contribution in [3.05, 3.63) is 99.6 Å². The van der Waals surface area contributed by atoms with Gasteiger partial charge in [0.25, 0.3) is 5.56 Å². The Morgan fingerprint density at radius 1 is 0.970 bits per heavy atom. The molecule has 2 heterocycles.